The highest BCUT2D eigenvalue weighted by atomic mass is 16.2. The summed E-state index contributed by atoms with van der Waals surface area (Å²) in [5.74, 6) is -0.440. The van der Waals surface area contributed by atoms with Crippen LogP contribution in [0.15, 0.2) is 42.7 Å². The van der Waals surface area contributed by atoms with Gasteiger partial charge in [0.25, 0.3) is 11.8 Å². The summed E-state index contributed by atoms with van der Waals surface area (Å²) >= 11 is 0. The maximum atomic E-state index is 12.4. The molecule has 3 rings (SSSR count). The number of aromatic nitrogens is 4. The average molecular weight is 366 g/mol. The Labute approximate surface area is 157 Å². The maximum Gasteiger partial charge on any atom is 0.273 e. The van der Waals surface area contributed by atoms with Crippen molar-refractivity contribution in [3.8, 4) is 0 Å². The zero-order valence-electron chi connectivity index (χ0n) is 15.6. The minimum absolute atomic E-state index is 0.212. The van der Waals surface area contributed by atoms with Gasteiger partial charge in [-0.2, -0.15) is 10.2 Å². The first-order chi connectivity index (χ1) is 13.0. The van der Waals surface area contributed by atoms with Crippen LogP contribution in [0.2, 0.25) is 0 Å². The van der Waals surface area contributed by atoms with Crippen LogP contribution in [0.3, 0.4) is 0 Å². The molecule has 0 spiro atoms. The van der Waals surface area contributed by atoms with Gasteiger partial charge in [0.1, 0.15) is 5.69 Å². The van der Waals surface area contributed by atoms with Gasteiger partial charge in [0.2, 0.25) is 0 Å². The zero-order valence-corrected chi connectivity index (χ0v) is 15.6. The van der Waals surface area contributed by atoms with Crippen LogP contribution >= 0.6 is 0 Å². The molecule has 2 amide bonds. The number of anilines is 2. The van der Waals surface area contributed by atoms with Gasteiger partial charge in [0, 0.05) is 36.9 Å². The van der Waals surface area contributed by atoms with E-state index in [1.165, 1.54) is 0 Å². The molecule has 0 fully saturated rings. The number of nitrogens with zero attached hydrogens (tertiary/aromatic N) is 4. The molecule has 2 heterocycles. The summed E-state index contributed by atoms with van der Waals surface area (Å²) in [6.45, 7) is 7.02. The number of nitrogens with one attached hydrogen (secondary N) is 2. The minimum Gasteiger partial charge on any atom is -0.322 e. The lowest BCUT2D eigenvalue weighted by molar-refractivity contribution is 0.101. The number of hydrogen-bond donors (Lipinski definition) is 2. The van der Waals surface area contributed by atoms with Gasteiger partial charge >= 0.3 is 0 Å². The number of aryl methyl sites for hydroxylation is 3. The maximum absolute atomic E-state index is 12.4. The Morgan fingerprint density at radius 3 is 2.15 bits per heavy atom. The summed E-state index contributed by atoms with van der Waals surface area (Å²) in [5.41, 5.74) is 3.00. The minimum atomic E-state index is -0.228. The van der Waals surface area contributed by atoms with Crippen LogP contribution in [0.1, 0.15) is 40.4 Å². The predicted octanol–water partition coefficient (Wildman–Crippen LogP) is 2.93. The third kappa shape index (κ3) is 4.05. The molecule has 2 aromatic heterocycles. The summed E-state index contributed by atoms with van der Waals surface area (Å²) in [5, 5.41) is 14.0. The van der Waals surface area contributed by atoms with Crippen LogP contribution < -0.4 is 10.6 Å². The normalized spacial score (nSPS) is 10.6. The van der Waals surface area contributed by atoms with E-state index in [1.54, 1.807) is 59.0 Å². The molecule has 0 unspecified atom stereocenters. The van der Waals surface area contributed by atoms with Gasteiger partial charge in [-0.1, -0.05) is 0 Å². The van der Waals surface area contributed by atoms with Gasteiger partial charge in [-0.3, -0.25) is 19.0 Å². The lowest BCUT2D eigenvalue weighted by atomic mass is 10.2. The van der Waals surface area contributed by atoms with E-state index in [0.717, 1.165) is 0 Å². The Hall–Kier alpha value is -3.42. The summed E-state index contributed by atoms with van der Waals surface area (Å²) in [7, 11) is 0. The van der Waals surface area contributed by atoms with Crippen molar-refractivity contribution in [1.29, 1.82) is 0 Å². The highest BCUT2D eigenvalue weighted by Gasteiger charge is 2.14. The number of benzene rings is 1. The molecule has 0 atom stereocenters. The van der Waals surface area contributed by atoms with Crippen LogP contribution in [-0.2, 0) is 13.1 Å². The molecular weight excluding hydrogens is 344 g/mol. The van der Waals surface area contributed by atoms with E-state index in [2.05, 4.69) is 20.8 Å². The van der Waals surface area contributed by atoms with Crippen molar-refractivity contribution in [3.63, 3.8) is 0 Å². The average Bonchev–Trinajstić information content (AvgIpc) is 3.29. The second kappa shape index (κ2) is 7.86. The molecule has 2 N–H and O–H groups in total. The molecule has 8 heteroatoms. The van der Waals surface area contributed by atoms with E-state index in [0.29, 0.717) is 41.4 Å². The third-order valence-corrected chi connectivity index (χ3v) is 4.16. The molecule has 0 aliphatic rings. The van der Waals surface area contributed by atoms with Crippen molar-refractivity contribution in [2.75, 3.05) is 10.6 Å². The van der Waals surface area contributed by atoms with Crippen molar-refractivity contribution in [2.24, 2.45) is 0 Å². The zero-order chi connectivity index (χ0) is 19.4. The summed E-state index contributed by atoms with van der Waals surface area (Å²) in [6, 6.07) is 8.63. The Kier molecular flexibility index (Phi) is 5.35. The van der Waals surface area contributed by atoms with Crippen LogP contribution in [0.5, 0.6) is 0 Å². The Morgan fingerprint density at radius 2 is 1.59 bits per heavy atom. The van der Waals surface area contributed by atoms with Gasteiger partial charge in [0.15, 0.2) is 0 Å². The van der Waals surface area contributed by atoms with Gasteiger partial charge in [0.05, 0.1) is 11.3 Å². The number of carbonyl (C=O) groups excluding carboxylic acids is 2. The summed E-state index contributed by atoms with van der Waals surface area (Å²) in [6.07, 6.45) is 3.33. The fourth-order valence-corrected chi connectivity index (χ4v) is 2.71. The van der Waals surface area contributed by atoms with E-state index < -0.39 is 0 Å². The fourth-order valence-electron chi connectivity index (χ4n) is 2.71. The lowest BCUT2D eigenvalue weighted by Gasteiger charge is -2.08. The molecule has 1 aromatic carbocycles. The van der Waals surface area contributed by atoms with E-state index in [-0.39, 0.29) is 11.8 Å². The van der Waals surface area contributed by atoms with Gasteiger partial charge in [-0.15, -0.1) is 0 Å². The number of rotatable bonds is 6. The molecular formula is C19H22N6O2. The molecule has 0 saturated carbocycles. The molecule has 140 valence electrons. The second-order valence-corrected chi connectivity index (χ2v) is 6.00. The summed E-state index contributed by atoms with van der Waals surface area (Å²) in [4.78, 5) is 24.7. The van der Waals surface area contributed by atoms with Crippen molar-refractivity contribution >= 4 is 23.2 Å². The van der Waals surface area contributed by atoms with Gasteiger partial charge < -0.3 is 10.6 Å². The monoisotopic (exact) mass is 366 g/mol. The fraction of sp³-hybridized carbons (Fsp3) is 0.263. The largest absolute Gasteiger partial charge is 0.322 e. The number of amides is 2. The molecule has 3 aromatic rings. The quantitative estimate of drug-likeness (QED) is 0.701. The molecule has 0 radical (unpaired) electrons. The van der Waals surface area contributed by atoms with Crippen molar-refractivity contribution in [3.05, 3.63) is 59.7 Å². The summed E-state index contributed by atoms with van der Waals surface area (Å²) < 4.78 is 3.35. The topological polar surface area (TPSA) is 93.8 Å². The number of hydrogen-bond acceptors (Lipinski definition) is 4. The highest BCUT2D eigenvalue weighted by molar-refractivity contribution is 6.05. The second-order valence-electron chi connectivity index (χ2n) is 6.00. The van der Waals surface area contributed by atoms with Crippen molar-refractivity contribution in [1.82, 2.24) is 19.6 Å². The van der Waals surface area contributed by atoms with E-state index in [9.17, 15) is 9.59 Å². The smallest absolute Gasteiger partial charge is 0.273 e. The highest BCUT2D eigenvalue weighted by Crippen LogP contribution is 2.16. The molecule has 0 aliphatic heterocycles. The van der Waals surface area contributed by atoms with Crippen LogP contribution in [0.25, 0.3) is 0 Å². The molecule has 0 aliphatic carbocycles. The molecule has 0 bridgehead atoms. The van der Waals surface area contributed by atoms with Crippen LogP contribution in [-0.4, -0.2) is 31.4 Å². The standard InChI is InChI=1S/C19H22N6O2/c1-4-24-12-16(13(3)23-24)18(26)21-14-6-8-15(9-7-14)22-19(27)17-10-11-20-25(17)5-2/h6-12H,4-5H2,1-3H3,(H,21,26)(H,22,27). The van der Waals surface area contributed by atoms with E-state index >= 15 is 0 Å². The Balaban J connectivity index is 1.65. The van der Waals surface area contributed by atoms with Gasteiger partial charge in [-0.25, -0.2) is 0 Å². The first-order valence-corrected chi connectivity index (χ1v) is 8.80. The molecule has 8 nitrogen and oxygen atoms in total. The van der Waals surface area contributed by atoms with Crippen LogP contribution in [0, 0.1) is 6.92 Å². The van der Waals surface area contributed by atoms with Crippen molar-refractivity contribution in [2.45, 2.75) is 33.9 Å². The van der Waals surface area contributed by atoms with Gasteiger partial charge in [-0.05, 0) is 51.1 Å². The third-order valence-electron chi connectivity index (χ3n) is 4.16. The molecule has 27 heavy (non-hydrogen) atoms. The number of carbonyl (C=O) groups is 2. The lowest BCUT2D eigenvalue weighted by Crippen LogP contribution is -2.17. The van der Waals surface area contributed by atoms with E-state index in [4.69, 9.17) is 0 Å². The Bertz CT molecular complexity index is 955. The SMILES string of the molecule is CCn1cc(C(=O)Nc2ccc(NC(=O)c3ccnn3CC)cc2)c(C)n1. The van der Waals surface area contributed by atoms with Crippen molar-refractivity contribution < 1.29 is 9.59 Å². The molecule has 0 saturated heterocycles. The predicted molar refractivity (Wildman–Crippen MR) is 103 cm³/mol. The Morgan fingerprint density at radius 1 is 0.963 bits per heavy atom. The van der Waals surface area contributed by atoms with E-state index in [1.807, 2.05) is 13.8 Å². The van der Waals surface area contributed by atoms with Crippen LogP contribution in [0.4, 0.5) is 11.4 Å². The first kappa shape index (κ1) is 18.4. The first-order valence-electron chi connectivity index (χ1n) is 8.80.